The molecule has 0 saturated carbocycles. The van der Waals surface area contributed by atoms with Crippen molar-refractivity contribution < 1.29 is 8.78 Å². The topological polar surface area (TPSA) is 34.1 Å². The fourth-order valence-corrected chi connectivity index (χ4v) is 3.92. The van der Waals surface area contributed by atoms with E-state index in [1.807, 2.05) is 19.0 Å². The number of hydrogen-bond acceptors (Lipinski definition) is 3. The number of halogens is 3. The van der Waals surface area contributed by atoms with Crippen LogP contribution >= 0.6 is 24.0 Å². The van der Waals surface area contributed by atoms with Crippen LogP contribution in [0.4, 0.5) is 8.78 Å². The van der Waals surface area contributed by atoms with E-state index < -0.39 is 17.7 Å². The van der Waals surface area contributed by atoms with Gasteiger partial charge in [-0.1, -0.05) is 18.2 Å². The van der Waals surface area contributed by atoms with Crippen molar-refractivity contribution in [1.29, 1.82) is 0 Å². The molecule has 0 amide bonds. The summed E-state index contributed by atoms with van der Waals surface area (Å²) in [4.78, 5) is 10.9. The minimum absolute atomic E-state index is 0. The van der Waals surface area contributed by atoms with E-state index >= 15 is 0 Å². The van der Waals surface area contributed by atoms with E-state index in [4.69, 9.17) is 0 Å². The van der Waals surface area contributed by atoms with Gasteiger partial charge in [-0.05, 0) is 32.6 Å². The van der Waals surface area contributed by atoms with Gasteiger partial charge >= 0.3 is 0 Å². The minimum atomic E-state index is -0.520. The molecular formula is C20H30F2IN5. The fourth-order valence-electron chi connectivity index (χ4n) is 3.92. The van der Waals surface area contributed by atoms with Crippen LogP contribution in [-0.4, -0.2) is 80.6 Å². The number of nitrogens with one attached hydrogen (secondary N) is 1. The lowest BCUT2D eigenvalue weighted by Crippen LogP contribution is -2.45. The molecule has 5 nitrogen and oxygen atoms in total. The maximum Gasteiger partial charge on any atom is 0.193 e. The van der Waals surface area contributed by atoms with Crippen LogP contribution in [-0.2, 0) is 0 Å². The van der Waals surface area contributed by atoms with Gasteiger partial charge in [-0.2, -0.15) is 0 Å². The molecule has 0 aromatic heterocycles. The number of rotatable bonds is 5. The second-order valence-corrected chi connectivity index (χ2v) is 7.36. The van der Waals surface area contributed by atoms with Gasteiger partial charge in [0.25, 0.3) is 0 Å². The molecule has 2 aliphatic rings. The quantitative estimate of drug-likeness (QED) is 0.289. The van der Waals surface area contributed by atoms with E-state index in [1.165, 1.54) is 18.2 Å². The van der Waals surface area contributed by atoms with Gasteiger partial charge < -0.3 is 15.1 Å². The Kier molecular flexibility index (Phi) is 8.63. The first-order valence-corrected chi connectivity index (χ1v) is 9.46. The average molecular weight is 505 g/mol. The molecule has 0 spiro atoms. The molecule has 3 rings (SSSR count). The van der Waals surface area contributed by atoms with E-state index in [0.29, 0.717) is 12.6 Å². The predicted octanol–water partition coefficient (Wildman–Crippen LogP) is 2.71. The van der Waals surface area contributed by atoms with Gasteiger partial charge in [-0.25, -0.2) is 8.78 Å². The van der Waals surface area contributed by atoms with Crippen LogP contribution in [0.25, 0.3) is 0 Å². The van der Waals surface area contributed by atoms with Gasteiger partial charge in [0.2, 0.25) is 0 Å². The zero-order chi connectivity index (χ0) is 19.4. The van der Waals surface area contributed by atoms with E-state index in [1.54, 1.807) is 7.05 Å². The Hall–Kier alpha value is -1.26. The molecule has 0 bridgehead atoms. The highest BCUT2D eigenvalue weighted by Gasteiger charge is 2.30. The zero-order valence-corrected chi connectivity index (χ0v) is 19.1. The summed E-state index contributed by atoms with van der Waals surface area (Å²) in [5.41, 5.74) is 0.0906. The first-order chi connectivity index (χ1) is 13.0. The molecule has 1 aromatic rings. The van der Waals surface area contributed by atoms with Crippen LogP contribution in [0.5, 0.6) is 0 Å². The summed E-state index contributed by atoms with van der Waals surface area (Å²) in [5, 5.41) is 3.32. The van der Waals surface area contributed by atoms with E-state index in [9.17, 15) is 8.78 Å². The summed E-state index contributed by atoms with van der Waals surface area (Å²) < 4.78 is 28.5. The second-order valence-electron chi connectivity index (χ2n) is 7.36. The van der Waals surface area contributed by atoms with Crippen molar-refractivity contribution in [2.45, 2.75) is 18.5 Å². The number of likely N-dealkylation sites (tertiary alicyclic amines) is 1. The van der Waals surface area contributed by atoms with Gasteiger partial charge in [0.15, 0.2) is 5.96 Å². The lowest BCUT2D eigenvalue weighted by atomic mass is 10.0. The Morgan fingerprint density at radius 1 is 1.25 bits per heavy atom. The number of nitrogens with zero attached hydrogens (tertiary/aromatic N) is 4. The summed E-state index contributed by atoms with van der Waals surface area (Å²) in [6.07, 6.45) is 5.52. The lowest BCUT2D eigenvalue weighted by molar-refractivity contribution is 0.257. The monoisotopic (exact) mass is 505 g/mol. The molecule has 1 saturated heterocycles. The average Bonchev–Trinajstić information content (AvgIpc) is 3.31. The molecule has 2 unspecified atom stereocenters. The summed E-state index contributed by atoms with van der Waals surface area (Å²) >= 11 is 0. The minimum Gasteiger partial charge on any atom is -0.354 e. The molecule has 1 fully saturated rings. The Bertz CT molecular complexity index is 682. The van der Waals surface area contributed by atoms with Crippen molar-refractivity contribution in [3.8, 4) is 0 Å². The molecule has 0 aliphatic carbocycles. The smallest absolute Gasteiger partial charge is 0.193 e. The van der Waals surface area contributed by atoms with Crippen molar-refractivity contribution in [1.82, 2.24) is 20.0 Å². The van der Waals surface area contributed by atoms with E-state index in [2.05, 4.69) is 32.3 Å². The van der Waals surface area contributed by atoms with Gasteiger partial charge in [0.1, 0.15) is 11.6 Å². The van der Waals surface area contributed by atoms with Crippen LogP contribution in [0.2, 0.25) is 0 Å². The highest BCUT2D eigenvalue weighted by atomic mass is 127. The van der Waals surface area contributed by atoms with Gasteiger partial charge in [-0.3, -0.25) is 9.89 Å². The van der Waals surface area contributed by atoms with Crippen LogP contribution in [0.1, 0.15) is 18.0 Å². The Morgan fingerprint density at radius 2 is 1.89 bits per heavy atom. The largest absolute Gasteiger partial charge is 0.354 e. The van der Waals surface area contributed by atoms with Crippen molar-refractivity contribution >= 4 is 29.9 Å². The highest BCUT2D eigenvalue weighted by Crippen LogP contribution is 2.24. The SMILES string of the molecule is CN=C(NCC(c1c(F)cccc1F)N(C)C)N1CCC(N2CC=CC2)C1.I. The standard InChI is InChI=1S/C20H29F2N5.HI/c1-23-20(27-12-9-15(14-27)26-10-4-5-11-26)24-13-18(25(2)3)19-16(21)7-6-8-17(19)22;/h4-8,15,18H,9-14H2,1-3H3,(H,23,24);1H. The molecule has 1 N–H and O–H groups in total. The number of guanidine groups is 1. The normalized spacial score (nSPS) is 21.3. The van der Waals surface area contributed by atoms with Crippen molar-refractivity contribution in [2.24, 2.45) is 4.99 Å². The molecule has 2 aliphatic heterocycles. The first-order valence-electron chi connectivity index (χ1n) is 9.46. The predicted molar refractivity (Wildman–Crippen MR) is 120 cm³/mol. The Morgan fingerprint density at radius 3 is 2.46 bits per heavy atom. The summed E-state index contributed by atoms with van der Waals surface area (Å²) in [5.74, 6) is -0.255. The lowest BCUT2D eigenvalue weighted by Gasteiger charge is -2.29. The summed E-state index contributed by atoms with van der Waals surface area (Å²) in [7, 11) is 5.40. The van der Waals surface area contributed by atoms with Gasteiger partial charge in [0, 0.05) is 51.4 Å². The summed E-state index contributed by atoms with van der Waals surface area (Å²) in [6.45, 7) is 4.26. The van der Waals surface area contributed by atoms with Crippen LogP contribution < -0.4 is 5.32 Å². The van der Waals surface area contributed by atoms with Crippen molar-refractivity contribution in [3.05, 3.63) is 47.5 Å². The molecule has 28 heavy (non-hydrogen) atoms. The number of benzene rings is 1. The third-order valence-electron chi connectivity index (χ3n) is 5.45. The molecule has 1 aromatic carbocycles. The first kappa shape index (κ1) is 23.0. The van der Waals surface area contributed by atoms with Crippen LogP contribution in [0.15, 0.2) is 35.3 Å². The van der Waals surface area contributed by atoms with Gasteiger partial charge in [0.05, 0.1) is 6.04 Å². The number of hydrogen-bond donors (Lipinski definition) is 1. The highest BCUT2D eigenvalue weighted by molar-refractivity contribution is 14.0. The van der Waals surface area contributed by atoms with E-state index in [0.717, 1.165) is 38.6 Å². The Balaban J connectivity index is 0.00000280. The van der Waals surface area contributed by atoms with Crippen molar-refractivity contribution in [3.63, 3.8) is 0 Å². The Labute approximate surface area is 183 Å². The number of aliphatic imine (C=N–C) groups is 1. The van der Waals surface area contributed by atoms with Gasteiger partial charge in [-0.15, -0.1) is 24.0 Å². The van der Waals surface area contributed by atoms with Crippen molar-refractivity contribution in [2.75, 3.05) is 53.9 Å². The van der Waals surface area contributed by atoms with E-state index in [-0.39, 0.29) is 29.5 Å². The molecule has 0 radical (unpaired) electrons. The molecule has 8 heteroatoms. The number of likely N-dealkylation sites (N-methyl/N-ethyl adjacent to an activating group) is 1. The zero-order valence-electron chi connectivity index (χ0n) is 16.7. The maximum atomic E-state index is 14.2. The molecule has 156 valence electrons. The summed E-state index contributed by atoms with van der Waals surface area (Å²) in [6, 6.07) is 4.10. The third kappa shape index (κ3) is 5.21. The fraction of sp³-hybridized carbons (Fsp3) is 0.550. The second kappa shape index (κ2) is 10.5. The third-order valence-corrected chi connectivity index (χ3v) is 5.45. The molecule has 2 heterocycles. The van der Waals surface area contributed by atoms with Crippen LogP contribution in [0, 0.1) is 11.6 Å². The maximum absolute atomic E-state index is 14.2. The molecule has 2 atom stereocenters. The molecular weight excluding hydrogens is 475 g/mol. The van der Waals surface area contributed by atoms with Crippen LogP contribution in [0.3, 0.4) is 0 Å².